The first-order valence-electron chi connectivity index (χ1n) is 4.20. The number of terminal acetylenes is 1. The molecule has 0 spiro atoms. The molecule has 1 rings (SSSR count). The number of halogens is 1. The van der Waals surface area contributed by atoms with Crippen LogP contribution in [0.4, 0.5) is 10.1 Å². The maximum absolute atomic E-state index is 13.1. The topological polar surface area (TPSA) is 52.3 Å². The van der Waals surface area contributed by atoms with Crippen molar-refractivity contribution in [2.75, 3.05) is 12.8 Å². The van der Waals surface area contributed by atoms with Crippen molar-refractivity contribution in [3.63, 3.8) is 0 Å². The molecule has 0 saturated heterocycles. The number of hydrogen-bond donors (Lipinski definition) is 1. The molecule has 0 saturated carbocycles. The number of rotatable bonds is 2. The van der Waals surface area contributed by atoms with Gasteiger partial charge in [-0.15, -0.1) is 12.3 Å². The molecule has 0 heterocycles. The van der Waals surface area contributed by atoms with Crippen LogP contribution >= 0.6 is 0 Å². The van der Waals surface area contributed by atoms with Gasteiger partial charge in [-0.25, -0.2) is 9.18 Å². The molecule has 0 unspecified atom stereocenters. The van der Waals surface area contributed by atoms with Gasteiger partial charge in [-0.1, -0.05) is 6.07 Å². The van der Waals surface area contributed by atoms with E-state index >= 15 is 0 Å². The molecule has 2 N–H and O–H groups in total. The number of anilines is 1. The molecule has 0 aliphatic heterocycles. The van der Waals surface area contributed by atoms with Crippen LogP contribution in [0.2, 0.25) is 0 Å². The van der Waals surface area contributed by atoms with Crippen LogP contribution in [0.3, 0.4) is 0 Å². The van der Waals surface area contributed by atoms with Gasteiger partial charge in [0.15, 0.2) is 0 Å². The van der Waals surface area contributed by atoms with Gasteiger partial charge in [0.2, 0.25) is 0 Å². The Bertz CT molecular complexity index is 435. The monoisotopic (exact) mass is 207 g/mol. The summed E-state index contributed by atoms with van der Waals surface area (Å²) >= 11 is 0. The Morgan fingerprint density at radius 2 is 2.33 bits per heavy atom. The Kier molecular flexibility index (Phi) is 3.29. The number of ether oxygens (including phenoxy) is 1. The smallest absolute Gasteiger partial charge is 0.340 e. The Balaban J connectivity index is 3.36. The van der Waals surface area contributed by atoms with Gasteiger partial charge in [0.25, 0.3) is 0 Å². The highest BCUT2D eigenvalue weighted by molar-refractivity contribution is 5.96. The summed E-state index contributed by atoms with van der Waals surface area (Å²) in [4.78, 5) is 11.3. The van der Waals surface area contributed by atoms with E-state index in [4.69, 9.17) is 12.2 Å². The third kappa shape index (κ3) is 2.08. The van der Waals surface area contributed by atoms with Crippen molar-refractivity contribution in [2.24, 2.45) is 0 Å². The van der Waals surface area contributed by atoms with Gasteiger partial charge in [-0.3, -0.25) is 0 Å². The average molecular weight is 207 g/mol. The highest BCUT2D eigenvalue weighted by atomic mass is 19.1. The molecule has 1 aromatic carbocycles. The molecular weight excluding hydrogens is 197 g/mol. The number of nitrogen functional groups attached to an aromatic ring is 1. The van der Waals surface area contributed by atoms with Crippen LogP contribution in [0.1, 0.15) is 15.9 Å². The summed E-state index contributed by atoms with van der Waals surface area (Å²) in [6.45, 7) is 0. The molecule has 0 radical (unpaired) electrons. The minimum absolute atomic E-state index is 0.00968. The van der Waals surface area contributed by atoms with Crippen molar-refractivity contribution in [1.82, 2.24) is 0 Å². The van der Waals surface area contributed by atoms with Crippen LogP contribution in [0.5, 0.6) is 0 Å². The van der Waals surface area contributed by atoms with Gasteiger partial charge in [-0.05, 0) is 11.6 Å². The molecule has 15 heavy (non-hydrogen) atoms. The van der Waals surface area contributed by atoms with Crippen molar-refractivity contribution in [2.45, 2.75) is 6.42 Å². The Labute approximate surface area is 87.0 Å². The zero-order valence-electron chi connectivity index (χ0n) is 8.21. The number of nitrogens with two attached hydrogens (primary N) is 1. The maximum atomic E-state index is 13.1. The van der Waals surface area contributed by atoms with Gasteiger partial charge in [0, 0.05) is 6.42 Å². The Morgan fingerprint density at radius 1 is 1.67 bits per heavy atom. The molecular formula is C11H10FNO2. The van der Waals surface area contributed by atoms with E-state index in [1.807, 2.05) is 0 Å². The predicted molar refractivity (Wildman–Crippen MR) is 54.7 cm³/mol. The fraction of sp³-hybridized carbons (Fsp3) is 0.182. The lowest BCUT2D eigenvalue weighted by Gasteiger charge is -2.09. The maximum Gasteiger partial charge on any atom is 0.340 e. The molecule has 0 amide bonds. The zero-order valence-corrected chi connectivity index (χ0v) is 8.21. The summed E-state index contributed by atoms with van der Waals surface area (Å²) in [5, 5.41) is 0. The highest BCUT2D eigenvalue weighted by Gasteiger charge is 2.17. The molecule has 0 aliphatic rings. The standard InChI is InChI=1S/C11H10FNO2/c1-3-4-7-5-6-8(12)10(13)9(7)11(14)15-2/h1,5-6H,4,13H2,2H3. The van der Waals surface area contributed by atoms with Gasteiger partial charge in [0.1, 0.15) is 5.82 Å². The van der Waals surface area contributed by atoms with Gasteiger partial charge in [-0.2, -0.15) is 0 Å². The summed E-state index contributed by atoms with van der Waals surface area (Å²) < 4.78 is 17.6. The lowest BCUT2D eigenvalue weighted by atomic mass is 10.0. The van der Waals surface area contributed by atoms with Crippen LogP contribution in [0.25, 0.3) is 0 Å². The van der Waals surface area contributed by atoms with Gasteiger partial charge in [0.05, 0.1) is 18.4 Å². The average Bonchev–Trinajstić information content (AvgIpc) is 2.23. The first-order chi connectivity index (χ1) is 7.11. The van der Waals surface area contributed by atoms with Crippen molar-refractivity contribution in [3.05, 3.63) is 29.1 Å². The fourth-order valence-corrected chi connectivity index (χ4v) is 1.24. The minimum atomic E-state index is -0.683. The third-order valence-corrected chi connectivity index (χ3v) is 1.96. The van der Waals surface area contributed by atoms with E-state index in [1.54, 1.807) is 0 Å². The number of benzene rings is 1. The number of hydrogen-bond acceptors (Lipinski definition) is 3. The lowest BCUT2D eigenvalue weighted by molar-refractivity contribution is 0.0600. The first kappa shape index (κ1) is 11.1. The molecule has 0 aliphatic carbocycles. The fourth-order valence-electron chi connectivity index (χ4n) is 1.24. The SMILES string of the molecule is C#CCc1ccc(F)c(N)c1C(=O)OC. The molecule has 0 atom stereocenters. The molecule has 1 aromatic rings. The summed E-state index contributed by atoms with van der Waals surface area (Å²) in [5.41, 5.74) is 5.72. The normalized spacial score (nSPS) is 9.40. The van der Waals surface area contributed by atoms with Gasteiger partial charge < -0.3 is 10.5 Å². The van der Waals surface area contributed by atoms with Crippen LogP contribution < -0.4 is 5.73 Å². The summed E-state index contributed by atoms with van der Waals surface area (Å²) in [5.74, 6) is 1.02. The van der Waals surface area contributed by atoms with Gasteiger partial charge >= 0.3 is 5.97 Å². The lowest BCUT2D eigenvalue weighted by Crippen LogP contribution is -2.11. The van der Waals surface area contributed by atoms with Crippen molar-refractivity contribution >= 4 is 11.7 Å². The van der Waals surface area contributed by atoms with E-state index in [2.05, 4.69) is 10.7 Å². The molecule has 3 nitrogen and oxygen atoms in total. The van der Waals surface area contributed by atoms with E-state index in [0.717, 1.165) is 0 Å². The quantitative estimate of drug-likeness (QED) is 0.452. The Hall–Kier alpha value is -2.02. The van der Waals surface area contributed by atoms with Crippen LogP contribution in [0.15, 0.2) is 12.1 Å². The molecule has 0 bridgehead atoms. The van der Waals surface area contributed by atoms with E-state index in [1.165, 1.54) is 19.2 Å². The van der Waals surface area contributed by atoms with Crippen LogP contribution in [-0.4, -0.2) is 13.1 Å². The largest absolute Gasteiger partial charge is 0.465 e. The summed E-state index contributed by atoms with van der Waals surface area (Å²) in [7, 11) is 1.20. The minimum Gasteiger partial charge on any atom is -0.465 e. The van der Waals surface area contributed by atoms with E-state index in [-0.39, 0.29) is 17.7 Å². The summed E-state index contributed by atoms with van der Waals surface area (Å²) in [6, 6.07) is 2.60. The van der Waals surface area contributed by atoms with Crippen LogP contribution in [0, 0.1) is 18.2 Å². The van der Waals surface area contributed by atoms with E-state index in [9.17, 15) is 9.18 Å². The molecule has 0 aromatic heterocycles. The molecule has 78 valence electrons. The molecule has 0 fully saturated rings. The number of methoxy groups -OCH3 is 1. The summed E-state index contributed by atoms with van der Waals surface area (Å²) in [6.07, 6.45) is 5.33. The van der Waals surface area contributed by atoms with Crippen molar-refractivity contribution in [1.29, 1.82) is 0 Å². The van der Waals surface area contributed by atoms with Crippen LogP contribution in [-0.2, 0) is 11.2 Å². The predicted octanol–water partition coefficient (Wildman–Crippen LogP) is 1.37. The van der Waals surface area contributed by atoms with E-state index < -0.39 is 11.8 Å². The number of carbonyl (C=O) groups excluding carboxylic acids is 1. The Morgan fingerprint density at radius 3 is 2.87 bits per heavy atom. The zero-order chi connectivity index (χ0) is 11.4. The number of esters is 1. The van der Waals surface area contributed by atoms with Crippen molar-refractivity contribution < 1.29 is 13.9 Å². The first-order valence-corrected chi connectivity index (χ1v) is 4.20. The second kappa shape index (κ2) is 4.47. The molecule has 4 heteroatoms. The second-order valence-electron chi connectivity index (χ2n) is 2.87. The second-order valence-corrected chi connectivity index (χ2v) is 2.87. The number of carbonyl (C=O) groups is 1. The third-order valence-electron chi connectivity index (χ3n) is 1.96. The highest BCUT2D eigenvalue weighted by Crippen LogP contribution is 2.22. The van der Waals surface area contributed by atoms with Crippen molar-refractivity contribution in [3.8, 4) is 12.3 Å². The van der Waals surface area contributed by atoms with E-state index in [0.29, 0.717) is 5.56 Å².